The molecule has 0 N–H and O–H groups in total. The predicted octanol–water partition coefficient (Wildman–Crippen LogP) is 3.34. The third-order valence-electron chi connectivity index (χ3n) is 4.31. The summed E-state index contributed by atoms with van der Waals surface area (Å²) in [6, 6.07) is 0.134. The molecule has 3 aromatic rings. The lowest BCUT2D eigenvalue weighted by molar-refractivity contribution is 0.383. The van der Waals surface area contributed by atoms with Gasteiger partial charge in [-0.15, -0.1) is 11.3 Å². The molecule has 7 heteroatoms. The Hall–Kier alpha value is -2.02. The highest BCUT2D eigenvalue weighted by Gasteiger charge is 2.32. The van der Waals surface area contributed by atoms with Gasteiger partial charge in [0.2, 0.25) is 5.89 Å². The van der Waals surface area contributed by atoms with Crippen molar-refractivity contribution in [2.75, 3.05) is 11.4 Å². The van der Waals surface area contributed by atoms with Gasteiger partial charge in [0.25, 0.3) is 0 Å². The SMILES string of the molecule is Cc1nc(C2CCCN2c2ncnc3sc(C)c(C)c23)no1. The Morgan fingerprint density at radius 3 is 2.91 bits per heavy atom. The van der Waals surface area contributed by atoms with E-state index >= 15 is 0 Å². The Bertz CT molecular complexity index is 840. The van der Waals surface area contributed by atoms with Gasteiger partial charge in [0.05, 0.1) is 11.4 Å². The van der Waals surface area contributed by atoms with Crippen LogP contribution in [0.3, 0.4) is 0 Å². The van der Waals surface area contributed by atoms with E-state index < -0.39 is 0 Å². The molecule has 1 aliphatic rings. The van der Waals surface area contributed by atoms with Crippen LogP contribution in [0.15, 0.2) is 10.9 Å². The van der Waals surface area contributed by atoms with E-state index in [0.29, 0.717) is 5.89 Å². The standard InChI is InChI=1S/C15H17N5OS/c1-8-9(2)22-15-12(8)14(16-7-17-15)20-6-4-5-11(20)13-18-10(3)21-19-13/h7,11H,4-6H2,1-3H3. The first kappa shape index (κ1) is 13.6. The van der Waals surface area contributed by atoms with Crippen LogP contribution in [0, 0.1) is 20.8 Å². The zero-order valence-corrected chi connectivity index (χ0v) is 13.6. The summed E-state index contributed by atoms with van der Waals surface area (Å²) >= 11 is 1.73. The molecule has 1 unspecified atom stereocenters. The second-order valence-electron chi connectivity index (χ2n) is 5.68. The summed E-state index contributed by atoms with van der Waals surface area (Å²) in [6.45, 7) is 7.06. The van der Waals surface area contributed by atoms with Gasteiger partial charge < -0.3 is 9.42 Å². The fraction of sp³-hybridized carbons (Fsp3) is 0.467. The summed E-state index contributed by atoms with van der Waals surface area (Å²) in [5, 5.41) is 5.28. The number of hydrogen-bond donors (Lipinski definition) is 0. The molecule has 114 valence electrons. The highest BCUT2D eigenvalue weighted by molar-refractivity contribution is 7.18. The summed E-state index contributed by atoms with van der Waals surface area (Å²) in [5.74, 6) is 2.36. The van der Waals surface area contributed by atoms with Crippen LogP contribution in [0.4, 0.5) is 5.82 Å². The van der Waals surface area contributed by atoms with Crippen molar-refractivity contribution in [3.8, 4) is 0 Å². The van der Waals surface area contributed by atoms with Crippen LogP contribution in [0.5, 0.6) is 0 Å². The lowest BCUT2D eigenvalue weighted by Gasteiger charge is -2.24. The molecule has 4 rings (SSSR count). The number of fused-ring (bicyclic) bond motifs is 1. The van der Waals surface area contributed by atoms with Crippen LogP contribution >= 0.6 is 11.3 Å². The number of anilines is 1. The van der Waals surface area contributed by atoms with E-state index in [1.54, 1.807) is 17.7 Å². The third-order valence-corrected chi connectivity index (χ3v) is 5.43. The van der Waals surface area contributed by atoms with E-state index in [1.165, 1.54) is 10.4 Å². The summed E-state index contributed by atoms with van der Waals surface area (Å²) in [5.41, 5.74) is 1.27. The van der Waals surface area contributed by atoms with Crippen LogP contribution < -0.4 is 4.90 Å². The second kappa shape index (κ2) is 5.01. The van der Waals surface area contributed by atoms with Crippen LogP contribution in [-0.2, 0) is 0 Å². The number of nitrogens with zero attached hydrogens (tertiary/aromatic N) is 5. The number of hydrogen-bond acceptors (Lipinski definition) is 7. The molecular weight excluding hydrogens is 298 g/mol. The van der Waals surface area contributed by atoms with Crippen molar-refractivity contribution in [3.63, 3.8) is 0 Å². The molecule has 0 spiro atoms. The lowest BCUT2D eigenvalue weighted by Crippen LogP contribution is -2.24. The van der Waals surface area contributed by atoms with E-state index in [0.717, 1.165) is 41.2 Å². The summed E-state index contributed by atoms with van der Waals surface area (Å²) < 4.78 is 5.16. The lowest BCUT2D eigenvalue weighted by atomic mass is 10.1. The van der Waals surface area contributed by atoms with Gasteiger partial charge in [-0.25, -0.2) is 9.97 Å². The summed E-state index contributed by atoms with van der Waals surface area (Å²) in [4.78, 5) is 18.1. The minimum Gasteiger partial charge on any atom is -0.346 e. The average molecular weight is 315 g/mol. The molecule has 1 aliphatic heterocycles. The van der Waals surface area contributed by atoms with Gasteiger partial charge in [-0.2, -0.15) is 4.98 Å². The third kappa shape index (κ3) is 1.99. The fourth-order valence-corrected chi connectivity index (χ4v) is 4.11. The van der Waals surface area contributed by atoms with E-state index in [-0.39, 0.29) is 6.04 Å². The number of thiophene rings is 1. The Labute approximate surface area is 132 Å². The van der Waals surface area contributed by atoms with Gasteiger partial charge >= 0.3 is 0 Å². The Balaban J connectivity index is 1.84. The van der Waals surface area contributed by atoms with Crippen LogP contribution in [-0.4, -0.2) is 26.7 Å². The van der Waals surface area contributed by atoms with E-state index in [4.69, 9.17) is 4.52 Å². The summed E-state index contributed by atoms with van der Waals surface area (Å²) in [6.07, 6.45) is 3.78. The molecule has 0 bridgehead atoms. The monoisotopic (exact) mass is 315 g/mol. The molecule has 6 nitrogen and oxygen atoms in total. The van der Waals surface area contributed by atoms with E-state index in [9.17, 15) is 0 Å². The quantitative estimate of drug-likeness (QED) is 0.722. The molecule has 4 heterocycles. The average Bonchev–Trinajstić information content (AvgIpc) is 3.19. The molecule has 1 saturated heterocycles. The Kier molecular flexibility index (Phi) is 3.11. The maximum absolute atomic E-state index is 5.16. The molecular formula is C15H17N5OS. The van der Waals surface area contributed by atoms with Gasteiger partial charge in [-0.05, 0) is 32.3 Å². The molecule has 0 amide bonds. The molecule has 0 saturated carbocycles. The maximum atomic E-state index is 5.16. The van der Waals surface area contributed by atoms with Gasteiger partial charge in [0, 0.05) is 18.3 Å². The second-order valence-corrected chi connectivity index (χ2v) is 6.89. The first-order valence-corrected chi connectivity index (χ1v) is 8.24. The van der Waals surface area contributed by atoms with Crippen molar-refractivity contribution in [1.29, 1.82) is 0 Å². The smallest absolute Gasteiger partial charge is 0.223 e. The van der Waals surface area contributed by atoms with Gasteiger partial charge in [0.1, 0.15) is 17.0 Å². The first-order valence-electron chi connectivity index (χ1n) is 7.42. The van der Waals surface area contributed by atoms with Gasteiger partial charge in [-0.3, -0.25) is 0 Å². The van der Waals surface area contributed by atoms with Crippen molar-refractivity contribution in [1.82, 2.24) is 20.1 Å². The minimum atomic E-state index is 0.134. The van der Waals surface area contributed by atoms with Crippen molar-refractivity contribution in [2.45, 2.75) is 39.7 Å². The first-order chi connectivity index (χ1) is 10.6. The van der Waals surface area contributed by atoms with Gasteiger partial charge in [0.15, 0.2) is 5.82 Å². The Morgan fingerprint density at radius 1 is 1.27 bits per heavy atom. The highest BCUT2D eigenvalue weighted by Crippen LogP contribution is 2.40. The van der Waals surface area contributed by atoms with E-state index in [2.05, 4.69) is 38.9 Å². The number of aryl methyl sites for hydroxylation is 3. The normalized spacial score (nSPS) is 18.5. The molecule has 0 aromatic carbocycles. The van der Waals surface area contributed by atoms with Crippen molar-refractivity contribution >= 4 is 27.4 Å². The molecule has 0 radical (unpaired) electrons. The maximum Gasteiger partial charge on any atom is 0.223 e. The van der Waals surface area contributed by atoms with Gasteiger partial charge in [-0.1, -0.05) is 5.16 Å². The molecule has 1 fully saturated rings. The number of aromatic nitrogens is 4. The molecule has 1 atom stereocenters. The van der Waals surface area contributed by atoms with Crippen LogP contribution in [0.1, 0.15) is 41.0 Å². The van der Waals surface area contributed by atoms with E-state index in [1.807, 2.05) is 6.92 Å². The number of rotatable bonds is 2. The minimum absolute atomic E-state index is 0.134. The van der Waals surface area contributed by atoms with Crippen molar-refractivity contribution < 1.29 is 4.52 Å². The molecule has 3 aromatic heterocycles. The van der Waals surface area contributed by atoms with Crippen LogP contribution in [0.2, 0.25) is 0 Å². The summed E-state index contributed by atoms with van der Waals surface area (Å²) in [7, 11) is 0. The van der Waals surface area contributed by atoms with Crippen molar-refractivity contribution in [3.05, 3.63) is 28.5 Å². The zero-order valence-electron chi connectivity index (χ0n) is 12.8. The highest BCUT2D eigenvalue weighted by atomic mass is 32.1. The Morgan fingerprint density at radius 2 is 2.14 bits per heavy atom. The fourth-order valence-electron chi connectivity index (χ4n) is 3.12. The molecule has 22 heavy (non-hydrogen) atoms. The van der Waals surface area contributed by atoms with Crippen molar-refractivity contribution in [2.24, 2.45) is 0 Å². The topological polar surface area (TPSA) is 67.9 Å². The van der Waals surface area contributed by atoms with Crippen LogP contribution in [0.25, 0.3) is 10.2 Å². The zero-order chi connectivity index (χ0) is 15.3. The molecule has 0 aliphatic carbocycles. The predicted molar refractivity (Wildman–Crippen MR) is 85.2 cm³/mol. The largest absolute Gasteiger partial charge is 0.346 e.